The number of carbonyl (C=O) groups excluding carboxylic acids is 1. The van der Waals surface area contributed by atoms with Crippen LogP contribution < -0.4 is 10.6 Å². The maximum Gasteiger partial charge on any atom is 0.410 e. The smallest absolute Gasteiger partial charge is 0.410 e. The Kier molecular flexibility index (Phi) is 4.60. The van der Waals surface area contributed by atoms with Gasteiger partial charge in [0.2, 0.25) is 0 Å². The van der Waals surface area contributed by atoms with E-state index in [4.69, 9.17) is 4.42 Å². The van der Waals surface area contributed by atoms with Crippen molar-refractivity contribution in [2.75, 3.05) is 10.6 Å². The largest absolute Gasteiger partial charge is 0.467 e. The van der Waals surface area contributed by atoms with Crippen molar-refractivity contribution in [1.29, 1.82) is 0 Å². The highest BCUT2D eigenvalue weighted by atomic mass is 19.4. The molecule has 1 amide bonds. The molecule has 2 N–H and O–H groups in total. The molecule has 1 aliphatic rings. The molecule has 0 bridgehead atoms. The lowest BCUT2D eigenvalue weighted by atomic mass is 10.0. The molecular weight excluding hydrogens is 385 g/mol. The summed E-state index contributed by atoms with van der Waals surface area (Å²) >= 11 is 0. The fourth-order valence-electron chi connectivity index (χ4n) is 3.60. The molecule has 2 unspecified atom stereocenters. The van der Waals surface area contributed by atoms with Gasteiger partial charge in [0.25, 0.3) is 5.91 Å². The molecule has 0 saturated heterocycles. The lowest BCUT2D eigenvalue weighted by molar-refractivity contribution is -0.174. The second-order valence-corrected chi connectivity index (χ2v) is 7.20. The molecule has 4 rings (SSSR count). The van der Waals surface area contributed by atoms with E-state index in [0.717, 1.165) is 15.8 Å². The van der Waals surface area contributed by atoms with Gasteiger partial charge in [-0.3, -0.25) is 4.79 Å². The van der Waals surface area contributed by atoms with Crippen molar-refractivity contribution in [1.82, 2.24) is 9.78 Å². The first-order valence-corrected chi connectivity index (χ1v) is 9.06. The van der Waals surface area contributed by atoms with Crippen LogP contribution in [0.1, 0.15) is 45.9 Å². The summed E-state index contributed by atoms with van der Waals surface area (Å²) in [5, 5.41) is 9.63. The SMILES string of the molecule is Cc1cc(C)cc(NC(=O)c2cc3n(n2)C(C(F)(F)F)CC(c2ccco2)N3)c1. The number of aromatic nitrogens is 2. The number of benzene rings is 1. The van der Waals surface area contributed by atoms with Crippen LogP contribution in [0.3, 0.4) is 0 Å². The minimum absolute atomic E-state index is 0.0963. The molecule has 0 aliphatic carbocycles. The Hall–Kier alpha value is -3.23. The standard InChI is InChI=1S/C20H19F3N4O2/c1-11-6-12(2)8-13(7-11)24-19(28)15-10-18-25-14(16-4-3-5-29-16)9-17(20(21,22)23)27(18)26-15/h3-8,10,14,17,25H,9H2,1-2H3,(H,24,28). The van der Waals surface area contributed by atoms with E-state index in [-0.39, 0.29) is 17.9 Å². The third-order valence-corrected chi connectivity index (χ3v) is 4.79. The summed E-state index contributed by atoms with van der Waals surface area (Å²) in [6.45, 7) is 3.79. The molecule has 29 heavy (non-hydrogen) atoms. The van der Waals surface area contributed by atoms with Crippen LogP contribution in [-0.2, 0) is 0 Å². The Morgan fingerprint density at radius 2 is 1.97 bits per heavy atom. The van der Waals surface area contributed by atoms with E-state index in [0.29, 0.717) is 11.4 Å². The summed E-state index contributed by atoms with van der Waals surface area (Å²) in [5.41, 5.74) is 2.39. The van der Waals surface area contributed by atoms with E-state index in [1.807, 2.05) is 19.9 Å². The molecule has 152 valence electrons. The van der Waals surface area contributed by atoms with Crippen LogP contribution in [-0.4, -0.2) is 21.9 Å². The van der Waals surface area contributed by atoms with Crippen LogP contribution in [0.15, 0.2) is 47.1 Å². The van der Waals surface area contributed by atoms with Gasteiger partial charge in [-0.15, -0.1) is 0 Å². The topological polar surface area (TPSA) is 72.1 Å². The minimum Gasteiger partial charge on any atom is -0.467 e. The number of aryl methyl sites for hydroxylation is 2. The summed E-state index contributed by atoms with van der Waals surface area (Å²) in [7, 11) is 0. The summed E-state index contributed by atoms with van der Waals surface area (Å²) in [5.74, 6) is -0.0624. The lowest BCUT2D eigenvalue weighted by Gasteiger charge is -2.32. The number of amides is 1. The molecule has 6 nitrogen and oxygen atoms in total. The van der Waals surface area contributed by atoms with Gasteiger partial charge in [0.15, 0.2) is 11.7 Å². The fraction of sp³-hybridized carbons (Fsp3) is 0.300. The molecular formula is C20H19F3N4O2. The molecule has 1 aromatic carbocycles. The number of nitrogens with one attached hydrogen (secondary N) is 2. The molecule has 3 heterocycles. The van der Waals surface area contributed by atoms with Gasteiger partial charge >= 0.3 is 6.18 Å². The number of carbonyl (C=O) groups is 1. The molecule has 2 aromatic heterocycles. The van der Waals surface area contributed by atoms with Gasteiger partial charge in [0.1, 0.15) is 11.6 Å². The van der Waals surface area contributed by atoms with E-state index in [9.17, 15) is 18.0 Å². The monoisotopic (exact) mass is 404 g/mol. The average molecular weight is 404 g/mol. The van der Waals surface area contributed by atoms with Crippen LogP contribution in [0.25, 0.3) is 0 Å². The van der Waals surface area contributed by atoms with Crippen LogP contribution in [0.2, 0.25) is 0 Å². The number of fused-ring (bicyclic) bond motifs is 1. The van der Waals surface area contributed by atoms with Crippen LogP contribution in [0.5, 0.6) is 0 Å². The number of alkyl halides is 3. The zero-order valence-corrected chi connectivity index (χ0v) is 15.7. The van der Waals surface area contributed by atoms with Crippen LogP contribution >= 0.6 is 0 Å². The first-order valence-electron chi connectivity index (χ1n) is 9.06. The highest BCUT2D eigenvalue weighted by Gasteiger charge is 2.47. The molecule has 3 aromatic rings. The Balaban J connectivity index is 1.64. The Morgan fingerprint density at radius 1 is 1.24 bits per heavy atom. The van der Waals surface area contributed by atoms with Crippen molar-refractivity contribution < 1.29 is 22.4 Å². The average Bonchev–Trinajstić information content (AvgIpc) is 3.28. The number of furan rings is 1. The Bertz CT molecular complexity index is 1020. The third-order valence-electron chi connectivity index (χ3n) is 4.79. The molecule has 9 heteroatoms. The van der Waals surface area contributed by atoms with Gasteiger partial charge in [0.05, 0.1) is 12.3 Å². The van der Waals surface area contributed by atoms with Gasteiger partial charge in [-0.25, -0.2) is 4.68 Å². The molecule has 0 spiro atoms. The highest BCUT2D eigenvalue weighted by Crippen LogP contribution is 2.43. The highest BCUT2D eigenvalue weighted by molar-refractivity contribution is 6.03. The predicted octanol–water partition coefficient (Wildman–Crippen LogP) is 5.01. The summed E-state index contributed by atoms with van der Waals surface area (Å²) in [6, 6.07) is 7.55. The summed E-state index contributed by atoms with van der Waals surface area (Å²) in [6.07, 6.45) is -3.40. The Labute approximate surface area is 164 Å². The lowest BCUT2D eigenvalue weighted by Crippen LogP contribution is -2.35. The number of hydrogen-bond acceptors (Lipinski definition) is 4. The normalized spacial score (nSPS) is 18.8. The van der Waals surface area contributed by atoms with Crippen molar-refractivity contribution in [3.05, 3.63) is 65.2 Å². The maximum atomic E-state index is 13.7. The summed E-state index contributed by atoms with van der Waals surface area (Å²) in [4.78, 5) is 12.6. The van der Waals surface area contributed by atoms with E-state index >= 15 is 0 Å². The number of hydrogen-bond donors (Lipinski definition) is 2. The van der Waals surface area contributed by atoms with Gasteiger partial charge in [-0.1, -0.05) is 6.07 Å². The van der Waals surface area contributed by atoms with Crippen molar-refractivity contribution in [3.63, 3.8) is 0 Å². The minimum atomic E-state index is -4.52. The number of anilines is 2. The van der Waals surface area contributed by atoms with E-state index in [2.05, 4.69) is 15.7 Å². The second kappa shape index (κ2) is 6.98. The van der Waals surface area contributed by atoms with Crippen LogP contribution in [0, 0.1) is 13.8 Å². The predicted molar refractivity (Wildman–Crippen MR) is 101 cm³/mol. The van der Waals surface area contributed by atoms with E-state index in [1.54, 1.807) is 24.3 Å². The zero-order chi connectivity index (χ0) is 20.8. The van der Waals surface area contributed by atoms with Gasteiger partial charge in [0, 0.05) is 18.2 Å². The molecule has 0 saturated carbocycles. The number of nitrogens with zero attached hydrogens (tertiary/aromatic N) is 2. The molecule has 2 atom stereocenters. The van der Waals surface area contributed by atoms with Gasteiger partial charge in [-0.05, 0) is 49.2 Å². The second-order valence-electron chi connectivity index (χ2n) is 7.20. The molecule has 0 fully saturated rings. The third kappa shape index (κ3) is 3.85. The Morgan fingerprint density at radius 3 is 2.59 bits per heavy atom. The number of halogens is 3. The maximum absolute atomic E-state index is 13.7. The number of rotatable bonds is 3. The van der Waals surface area contributed by atoms with Crippen molar-refractivity contribution in [2.45, 2.75) is 38.5 Å². The first kappa shape index (κ1) is 19.1. The molecule has 0 radical (unpaired) electrons. The van der Waals surface area contributed by atoms with Gasteiger partial charge in [-0.2, -0.15) is 18.3 Å². The van der Waals surface area contributed by atoms with E-state index in [1.165, 1.54) is 12.3 Å². The fourth-order valence-corrected chi connectivity index (χ4v) is 3.60. The van der Waals surface area contributed by atoms with Gasteiger partial charge < -0.3 is 15.1 Å². The van der Waals surface area contributed by atoms with E-state index < -0.39 is 24.2 Å². The van der Waals surface area contributed by atoms with Crippen molar-refractivity contribution in [2.24, 2.45) is 0 Å². The van der Waals surface area contributed by atoms with Crippen LogP contribution in [0.4, 0.5) is 24.7 Å². The van der Waals surface area contributed by atoms with Crippen molar-refractivity contribution in [3.8, 4) is 0 Å². The zero-order valence-electron chi connectivity index (χ0n) is 15.7. The quantitative estimate of drug-likeness (QED) is 0.644. The summed E-state index contributed by atoms with van der Waals surface area (Å²) < 4.78 is 47.1. The first-order chi connectivity index (χ1) is 13.7. The molecule has 1 aliphatic heterocycles. The van der Waals surface area contributed by atoms with Crippen molar-refractivity contribution >= 4 is 17.4 Å².